The standard InChI is InChI=1S/C15H8FN3O/c16-13-5-12(8-18-9-13)14-6-15(20-19-14)11-3-1-2-10(4-11)7-17/h1-6,8-9H. The van der Waals surface area contributed by atoms with Gasteiger partial charge < -0.3 is 4.52 Å². The molecule has 0 fully saturated rings. The third kappa shape index (κ3) is 2.27. The second-order valence-corrected chi connectivity index (χ2v) is 4.16. The van der Waals surface area contributed by atoms with Gasteiger partial charge in [-0.05, 0) is 18.2 Å². The predicted octanol–water partition coefficient (Wildman–Crippen LogP) is 3.41. The summed E-state index contributed by atoms with van der Waals surface area (Å²) >= 11 is 0. The second-order valence-electron chi connectivity index (χ2n) is 4.16. The summed E-state index contributed by atoms with van der Waals surface area (Å²) in [5, 5.41) is 12.8. The number of halogens is 1. The molecule has 5 heteroatoms. The van der Waals surface area contributed by atoms with Crippen LogP contribution in [0.4, 0.5) is 4.39 Å². The van der Waals surface area contributed by atoms with Gasteiger partial charge in [0.1, 0.15) is 11.5 Å². The summed E-state index contributed by atoms with van der Waals surface area (Å²) in [5.41, 5.74) is 2.31. The number of nitrogens with zero attached hydrogens (tertiary/aromatic N) is 3. The molecule has 0 saturated heterocycles. The fourth-order valence-electron chi connectivity index (χ4n) is 1.84. The summed E-state index contributed by atoms with van der Waals surface area (Å²) in [4.78, 5) is 3.77. The van der Waals surface area contributed by atoms with E-state index < -0.39 is 5.82 Å². The minimum atomic E-state index is -0.432. The molecule has 2 aromatic heterocycles. The second kappa shape index (κ2) is 4.94. The van der Waals surface area contributed by atoms with E-state index in [0.717, 1.165) is 11.8 Å². The summed E-state index contributed by atoms with van der Waals surface area (Å²) in [6.45, 7) is 0. The molecule has 4 nitrogen and oxygen atoms in total. The first-order valence-electron chi connectivity index (χ1n) is 5.84. The first-order chi connectivity index (χ1) is 9.76. The van der Waals surface area contributed by atoms with Gasteiger partial charge in [0, 0.05) is 23.4 Å². The Balaban J connectivity index is 2.00. The molecular weight excluding hydrogens is 257 g/mol. The molecule has 20 heavy (non-hydrogen) atoms. The molecule has 0 amide bonds. The molecule has 96 valence electrons. The summed E-state index contributed by atoms with van der Waals surface area (Å²) in [6.07, 6.45) is 2.64. The Kier molecular flexibility index (Phi) is 2.98. The minimum Gasteiger partial charge on any atom is -0.356 e. The summed E-state index contributed by atoms with van der Waals surface area (Å²) in [6, 6.07) is 12.1. The van der Waals surface area contributed by atoms with Gasteiger partial charge in [-0.2, -0.15) is 5.26 Å². The average molecular weight is 265 g/mol. The average Bonchev–Trinajstić information content (AvgIpc) is 2.97. The summed E-state index contributed by atoms with van der Waals surface area (Å²) in [7, 11) is 0. The van der Waals surface area contributed by atoms with Crippen molar-refractivity contribution < 1.29 is 8.91 Å². The van der Waals surface area contributed by atoms with E-state index in [2.05, 4.69) is 16.2 Å². The van der Waals surface area contributed by atoms with Crippen molar-refractivity contribution in [3.63, 3.8) is 0 Å². The van der Waals surface area contributed by atoms with Crippen LogP contribution in [-0.4, -0.2) is 10.1 Å². The zero-order chi connectivity index (χ0) is 13.9. The van der Waals surface area contributed by atoms with Gasteiger partial charge in [0.05, 0.1) is 17.8 Å². The highest BCUT2D eigenvalue weighted by Gasteiger charge is 2.10. The van der Waals surface area contributed by atoms with E-state index in [4.69, 9.17) is 9.78 Å². The molecule has 3 aromatic rings. The molecule has 2 heterocycles. The van der Waals surface area contributed by atoms with Crippen molar-refractivity contribution in [1.29, 1.82) is 5.26 Å². The number of benzene rings is 1. The Hall–Kier alpha value is -3.00. The number of hydrogen-bond acceptors (Lipinski definition) is 4. The lowest BCUT2D eigenvalue weighted by Gasteiger charge is -1.95. The largest absolute Gasteiger partial charge is 0.356 e. The lowest BCUT2D eigenvalue weighted by molar-refractivity contribution is 0.435. The lowest BCUT2D eigenvalue weighted by Crippen LogP contribution is -1.82. The number of pyridine rings is 1. The van der Waals surface area contributed by atoms with Crippen molar-refractivity contribution in [3.8, 4) is 28.7 Å². The molecule has 0 radical (unpaired) electrons. The Labute approximate surface area is 114 Å². The Bertz CT molecular complexity index is 805. The maximum Gasteiger partial charge on any atom is 0.167 e. The zero-order valence-corrected chi connectivity index (χ0v) is 10.2. The van der Waals surface area contributed by atoms with Crippen LogP contribution in [0, 0.1) is 17.1 Å². The van der Waals surface area contributed by atoms with E-state index in [1.807, 2.05) is 6.07 Å². The van der Waals surface area contributed by atoms with Crippen molar-refractivity contribution in [2.24, 2.45) is 0 Å². The van der Waals surface area contributed by atoms with E-state index in [0.29, 0.717) is 22.6 Å². The van der Waals surface area contributed by atoms with E-state index in [1.165, 1.54) is 12.3 Å². The first kappa shape index (κ1) is 12.1. The van der Waals surface area contributed by atoms with Gasteiger partial charge in [-0.3, -0.25) is 4.98 Å². The highest BCUT2D eigenvalue weighted by atomic mass is 19.1. The summed E-state index contributed by atoms with van der Waals surface area (Å²) < 4.78 is 18.4. The minimum absolute atomic E-state index is 0.432. The van der Waals surface area contributed by atoms with Crippen LogP contribution >= 0.6 is 0 Å². The monoisotopic (exact) mass is 265 g/mol. The molecular formula is C15H8FN3O. The van der Waals surface area contributed by atoms with Crippen LogP contribution in [0.5, 0.6) is 0 Å². The molecule has 0 aliphatic rings. The molecule has 0 bridgehead atoms. The van der Waals surface area contributed by atoms with Crippen LogP contribution in [-0.2, 0) is 0 Å². The Morgan fingerprint density at radius 1 is 1.10 bits per heavy atom. The van der Waals surface area contributed by atoms with Crippen molar-refractivity contribution in [1.82, 2.24) is 10.1 Å². The predicted molar refractivity (Wildman–Crippen MR) is 69.8 cm³/mol. The Morgan fingerprint density at radius 2 is 2.00 bits per heavy atom. The third-order valence-corrected chi connectivity index (χ3v) is 2.79. The molecule has 0 spiro atoms. The topological polar surface area (TPSA) is 62.7 Å². The van der Waals surface area contributed by atoms with Crippen molar-refractivity contribution in [3.05, 3.63) is 60.2 Å². The van der Waals surface area contributed by atoms with Crippen molar-refractivity contribution >= 4 is 0 Å². The van der Waals surface area contributed by atoms with Crippen molar-refractivity contribution in [2.75, 3.05) is 0 Å². The number of aromatic nitrogens is 2. The summed E-state index contributed by atoms with van der Waals surface area (Å²) in [5.74, 6) is 0.0832. The van der Waals surface area contributed by atoms with Crippen LogP contribution < -0.4 is 0 Å². The highest BCUT2D eigenvalue weighted by Crippen LogP contribution is 2.26. The van der Waals surface area contributed by atoms with E-state index in [9.17, 15) is 4.39 Å². The normalized spacial score (nSPS) is 10.2. The third-order valence-electron chi connectivity index (χ3n) is 2.79. The molecule has 0 aliphatic heterocycles. The molecule has 0 aliphatic carbocycles. The number of rotatable bonds is 2. The van der Waals surface area contributed by atoms with Gasteiger partial charge in [-0.15, -0.1) is 0 Å². The number of nitriles is 1. The quantitative estimate of drug-likeness (QED) is 0.712. The SMILES string of the molecule is N#Cc1cccc(-c2cc(-c3cncc(F)c3)no2)c1. The Morgan fingerprint density at radius 3 is 2.80 bits per heavy atom. The molecule has 0 saturated carbocycles. The molecule has 0 unspecified atom stereocenters. The van der Waals surface area contributed by atoms with Gasteiger partial charge >= 0.3 is 0 Å². The van der Waals surface area contributed by atoms with Gasteiger partial charge in [-0.25, -0.2) is 4.39 Å². The maximum atomic E-state index is 13.1. The van der Waals surface area contributed by atoms with E-state index in [-0.39, 0.29) is 0 Å². The zero-order valence-electron chi connectivity index (χ0n) is 10.2. The highest BCUT2D eigenvalue weighted by molar-refractivity contribution is 5.67. The van der Waals surface area contributed by atoms with Crippen LogP contribution in [0.2, 0.25) is 0 Å². The number of hydrogen-bond donors (Lipinski definition) is 0. The van der Waals surface area contributed by atoms with E-state index >= 15 is 0 Å². The van der Waals surface area contributed by atoms with E-state index in [1.54, 1.807) is 24.3 Å². The van der Waals surface area contributed by atoms with Crippen LogP contribution in [0.25, 0.3) is 22.6 Å². The van der Waals surface area contributed by atoms with Gasteiger partial charge in [-0.1, -0.05) is 17.3 Å². The van der Waals surface area contributed by atoms with Crippen LogP contribution in [0.3, 0.4) is 0 Å². The van der Waals surface area contributed by atoms with Gasteiger partial charge in [0.15, 0.2) is 5.76 Å². The van der Waals surface area contributed by atoms with Gasteiger partial charge in [0.2, 0.25) is 0 Å². The molecule has 0 atom stereocenters. The maximum absolute atomic E-state index is 13.1. The molecule has 0 N–H and O–H groups in total. The molecule has 1 aromatic carbocycles. The van der Waals surface area contributed by atoms with Gasteiger partial charge in [0.25, 0.3) is 0 Å². The lowest BCUT2D eigenvalue weighted by atomic mass is 10.1. The fourth-order valence-corrected chi connectivity index (χ4v) is 1.84. The molecule has 3 rings (SSSR count). The van der Waals surface area contributed by atoms with Crippen LogP contribution in [0.1, 0.15) is 5.56 Å². The van der Waals surface area contributed by atoms with Crippen molar-refractivity contribution in [2.45, 2.75) is 0 Å². The first-order valence-corrected chi connectivity index (χ1v) is 5.84. The van der Waals surface area contributed by atoms with Crippen LogP contribution in [0.15, 0.2) is 53.3 Å². The smallest absolute Gasteiger partial charge is 0.167 e. The fraction of sp³-hybridized carbons (Fsp3) is 0.